The number of benzene rings is 2. The molecule has 0 aliphatic carbocycles. The Kier molecular flexibility index (Phi) is 5.96. The van der Waals surface area contributed by atoms with Gasteiger partial charge in [0, 0.05) is 42.3 Å². The second-order valence-corrected chi connectivity index (χ2v) is 5.81. The molecule has 2 aromatic carbocycles. The molecule has 3 aromatic rings. The minimum absolute atomic E-state index is 0.147. The van der Waals surface area contributed by atoms with Crippen LogP contribution in [-0.2, 0) is 13.1 Å². The van der Waals surface area contributed by atoms with Crippen LogP contribution in [0.3, 0.4) is 0 Å². The van der Waals surface area contributed by atoms with Crippen LogP contribution >= 0.6 is 0 Å². The standard InChI is InChI=1S/C21H21N3O2/c1-26-20-8-3-2-6-18(20)15-23-14-16-5-4-7-19(13-16)24-21(25)17-9-11-22-12-10-17/h2-13,23H,14-15H2,1H3,(H,24,25). The zero-order valence-corrected chi connectivity index (χ0v) is 14.6. The lowest BCUT2D eigenvalue weighted by atomic mass is 10.1. The first-order valence-electron chi connectivity index (χ1n) is 8.39. The molecule has 0 unspecified atom stereocenters. The lowest BCUT2D eigenvalue weighted by molar-refractivity contribution is 0.102. The highest BCUT2D eigenvalue weighted by molar-refractivity contribution is 6.04. The molecule has 2 N–H and O–H groups in total. The summed E-state index contributed by atoms with van der Waals surface area (Å²) in [6.07, 6.45) is 3.21. The third-order valence-electron chi connectivity index (χ3n) is 3.96. The first-order chi connectivity index (χ1) is 12.8. The number of carbonyl (C=O) groups excluding carboxylic acids is 1. The highest BCUT2D eigenvalue weighted by Crippen LogP contribution is 2.17. The number of nitrogens with zero attached hydrogens (tertiary/aromatic N) is 1. The minimum atomic E-state index is -0.147. The van der Waals surface area contributed by atoms with Gasteiger partial charge in [-0.1, -0.05) is 30.3 Å². The van der Waals surface area contributed by atoms with E-state index >= 15 is 0 Å². The van der Waals surface area contributed by atoms with Crippen LogP contribution in [0.15, 0.2) is 73.1 Å². The number of hydrogen-bond acceptors (Lipinski definition) is 4. The summed E-state index contributed by atoms with van der Waals surface area (Å²) >= 11 is 0. The summed E-state index contributed by atoms with van der Waals surface area (Å²) in [4.78, 5) is 16.1. The Balaban J connectivity index is 1.58. The maximum absolute atomic E-state index is 12.2. The van der Waals surface area contributed by atoms with E-state index in [9.17, 15) is 4.79 Å². The van der Waals surface area contributed by atoms with Crippen molar-refractivity contribution in [1.82, 2.24) is 10.3 Å². The molecule has 0 atom stereocenters. The van der Waals surface area contributed by atoms with Crippen LogP contribution in [-0.4, -0.2) is 18.0 Å². The van der Waals surface area contributed by atoms with Gasteiger partial charge in [0.25, 0.3) is 5.91 Å². The van der Waals surface area contributed by atoms with E-state index in [-0.39, 0.29) is 5.91 Å². The number of methoxy groups -OCH3 is 1. The molecule has 1 amide bonds. The van der Waals surface area contributed by atoms with Crippen molar-refractivity contribution in [2.75, 3.05) is 12.4 Å². The van der Waals surface area contributed by atoms with Gasteiger partial charge in [-0.3, -0.25) is 9.78 Å². The number of ether oxygens (including phenoxy) is 1. The number of anilines is 1. The van der Waals surface area contributed by atoms with E-state index in [4.69, 9.17) is 4.74 Å². The zero-order valence-electron chi connectivity index (χ0n) is 14.6. The molecule has 5 nitrogen and oxygen atoms in total. The molecule has 1 heterocycles. The summed E-state index contributed by atoms with van der Waals surface area (Å²) in [6, 6.07) is 19.1. The molecular weight excluding hydrogens is 326 g/mol. The van der Waals surface area contributed by atoms with Gasteiger partial charge in [0.2, 0.25) is 0 Å². The molecule has 0 bridgehead atoms. The predicted octanol–water partition coefficient (Wildman–Crippen LogP) is 3.63. The van der Waals surface area contributed by atoms with Gasteiger partial charge in [-0.15, -0.1) is 0 Å². The molecule has 26 heavy (non-hydrogen) atoms. The normalized spacial score (nSPS) is 10.3. The Labute approximate surface area is 153 Å². The van der Waals surface area contributed by atoms with Crippen molar-refractivity contribution >= 4 is 11.6 Å². The number of para-hydroxylation sites is 1. The second kappa shape index (κ2) is 8.78. The molecule has 0 aliphatic heterocycles. The first kappa shape index (κ1) is 17.6. The third-order valence-corrected chi connectivity index (χ3v) is 3.96. The number of hydrogen-bond donors (Lipinski definition) is 2. The Hall–Kier alpha value is -3.18. The van der Waals surface area contributed by atoms with Crippen LogP contribution in [0.2, 0.25) is 0 Å². The van der Waals surface area contributed by atoms with Gasteiger partial charge >= 0.3 is 0 Å². The number of aromatic nitrogens is 1. The Morgan fingerprint density at radius 3 is 2.62 bits per heavy atom. The highest BCUT2D eigenvalue weighted by atomic mass is 16.5. The fourth-order valence-corrected chi connectivity index (χ4v) is 2.66. The van der Waals surface area contributed by atoms with E-state index < -0.39 is 0 Å². The number of carbonyl (C=O) groups is 1. The van der Waals surface area contributed by atoms with E-state index in [0.29, 0.717) is 18.7 Å². The van der Waals surface area contributed by atoms with Crippen molar-refractivity contribution < 1.29 is 9.53 Å². The Morgan fingerprint density at radius 2 is 1.81 bits per heavy atom. The second-order valence-electron chi connectivity index (χ2n) is 5.81. The molecular formula is C21H21N3O2. The van der Waals surface area contributed by atoms with Gasteiger partial charge in [-0.05, 0) is 35.9 Å². The summed E-state index contributed by atoms with van der Waals surface area (Å²) < 4.78 is 5.36. The van der Waals surface area contributed by atoms with Crippen LogP contribution in [0.25, 0.3) is 0 Å². The monoisotopic (exact) mass is 347 g/mol. The molecule has 5 heteroatoms. The zero-order chi connectivity index (χ0) is 18.2. The van der Waals surface area contributed by atoms with Gasteiger partial charge in [-0.2, -0.15) is 0 Å². The topological polar surface area (TPSA) is 63.2 Å². The molecule has 0 saturated carbocycles. The SMILES string of the molecule is COc1ccccc1CNCc1cccc(NC(=O)c2ccncc2)c1. The lowest BCUT2D eigenvalue weighted by Crippen LogP contribution is -2.14. The number of nitrogens with one attached hydrogen (secondary N) is 2. The van der Waals surface area contributed by atoms with Gasteiger partial charge in [0.15, 0.2) is 0 Å². The van der Waals surface area contributed by atoms with Crippen molar-refractivity contribution in [2.24, 2.45) is 0 Å². The predicted molar refractivity (Wildman–Crippen MR) is 102 cm³/mol. The Bertz CT molecular complexity index is 866. The van der Waals surface area contributed by atoms with Gasteiger partial charge in [-0.25, -0.2) is 0 Å². The molecule has 0 aliphatic rings. The minimum Gasteiger partial charge on any atom is -0.496 e. The van der Waals surface area contributed by atoms with Crippen molar-refractivity contribution in [2.45, 2.75) is 13.1 Å². The van der Waals surface area contributed by atoms with Crippen LogP contribution in [0.1, 0.15) is 21.5 Å². The van der Waals surface area contributed by atoms with E-state index in [2.05, 4.69) is 15.6 Å². The van der Waals surface area contributed by atoms with Crippen molar-refractivity contribution in [1.29, 1.82) is 0 Å². The summed E-state index contributed by atoms with van der Waals surface area (Å²) in [5.41, 5.74) is 3.55. The van der Waals surface area contributed by atoms with Crippen LogP contribution in [0.5, 0.6) is 5.75 Å². The summed E-state index contributed by atoms with van der Waals surface area (Å²) in [5, 5.41) is 6.31. The molecule has 132 valence electrons. The number of rotatable bonds is 7. The van der Waals surface area contributed by atoms with Gasteiger partial charge < -0.3 is 15.4 Å². The van der Waals surface area contributed by atoms with E-state index in [1.165, 1.54) is 0 Å². The summed E-state index contributed by atoms with van der Waals surface area (Å²) in [6.45, 7) is 1.40. The summed E-state index contributed by atoms with van der Waals surface area (Å²) in [5.74, 6) is 0.727. The van der Waals surface area contributed by atoms with Gasteiger partial charge in [0.05, 0.1) is 7.11 Å². The molecule has 1 aromatic heterocycles. The first-order valence-corrected chi connectivity index (χ1v) is 8.39. The lowest BCUT2D eigenvalue weighted by Gasteiger charge is -2.11. The van der Waals surface area contributed by atoms with Crippen LogP contribution in [0, 0.1) is 0 Å². The van der Waals surface area contributed by atoms with Crippen molar-refractivity contribution in [3.05, 3.63) is 89.7 Å². The van der Waals surface area contributed by atoms with E-state index in [0.717, 1.165) is 22.6 Å². The smallest absolute Gasteiger partial charge is 0.255 e. The van der Waals surface area contributed by atoms with Crippen molar-refractivity contribution in [3.8, 4) is 5.75 Å². The van der Waals surface area contributed by atoms with Crippen LogP contribution < -0.4 is 15.4 Å². The molecule has 3 rings (SSSR count). The third kappa shape index (κ3) is 4.68. The van der Waals surface area contributed by atoms with E-state index in [1.807, 2.05) is 48.5 Å². The van der Waals surface area contributed by atoms with Gasteiger partial charge in [0.1, 0.15) is 5.75 Å². The van der Waals surface area contributed by atoms with Crippen molar-refractivity contribution in [3.63, 3.8) is 0 Å². The average molecular weight is 347 g/mol. The fourth-order valence-electron chi connectivity index (χ4n) is 2.66. The maximum atomic E-state index is 12.2. The number of amides is 1. The highest BCUT2D eigenvalue weighted by Gasteiger charge is 2.06. The molecule has 0 saturated heterocycles. The number of pyridine rings is 1. The Morgan fingerprint density at radius 1 is 1.00 bits per heavy atom. The molecule has 0 radical (unpaired) electrons. The summed E-state index contributed by atoms with van der Waals surface area (Å²) in [7, 11) is 1.67. The van der Waals surface area contributed by atoms with E-state index in [1.54, 1.807) is 31.6 Å². The molecule has 0 fully saturated rings. The van der Waals surface area contributed by atoms with Crippen LogP contribution in [0.4, 0.5) is 5.69 Å². The fraction of sp³-hybridized carbons (Fsp3) is 0.143. The average Bonchev–Trinajstić information content (AvgIpc) is 2.69. The maximum Gasteiger partial charge on any atom is 0.255 e. The quantitative estimate of drug-likeness (QED) is 0.685. The molecule has 0 spiro atoms. The largest absolute Gasteiger partial charge is 0.496 e.